The van der Waals surface area contributed by atoms with E-state index >= 15 is 0 Å². The first-order valence-corrected chi connectivity index (χ1v) is 4.39. The first-order valence-electron chi connectivity index (χ1n) is 4.39. The highest BCUT2D eigenvalue weighted by atomic mass is 19.3. The van der Waals surface area contributed by atoms with Crippen molar-refractivity contribution in [3.63, 3.8) is 0 Å². The van der Waals surface area contributed by atoms with Crippen LogP contribution in [-0.4, -0.2) is 11.1 Å². The predicted octanol–water partition coefficient (Wildman–Crippen LogP) is 2.02. The number of alkyl halides is 2. The number of carbonyl (C=O) groups is 1. The molecule has 0 bridgehead atoms. The molecule has 0 aliphatic heterocycles. The Morgan fingerprint density at radius 1 is 1.50 bits per heavy atom. The van der Waals surface area contributed by atoms with E-state index in [1.165, 1.54) is 0 Å². The van der Waals surface area contributed by atoms with Crippen LogP contribution in [0.15, 0.2) is 18.2 Å². The highest BCUT2D eigenvalue weighted by Crippen LogP contribution is 2.29. The number of halogens is 3. The highest BCUT2D eigenvalue weighted by molar-refractivity contribution is 5.75. The van der Waals surface area contributed by atoms with Crippen LogP contribution in [0.1, 0.15) is 24.1 Å². The van der Waals surface area contributed by atoms with Crippen molar-refractivity contribution in [2.45, 2.75) is 18.9 Å². The minimum absolute atomic E-state index is 0.452. The van der Waals surface area contributed by atoms with Crippen LogP contribution in [0.2, 0.25) is 0 Å². The number of hydrogen-bond donors (Lipinski definition) is 2. The Hall–Kier alpha value is -1.56. The molecular formula is C10H10F3NO2. The Morgan fingerprint density at radius 3 is 2.50 bits per heavy atom. The molecule has 16 heavy (non-hydrogen) atoms. The van der Waals surface area contributed by atoms with Crippen LogP contribution < -0.4 is 5.73 Å². The summed E-state index contributed by atoms with van der Waals surface area (Å²) in [6, 6.07) is 0.800. The van der Waals surface area contributed by atoms with Gasteiger partial charge in [-0.15, -0.1) is 0 Å². The smallest absolute Gasteiger partial charge is 0.325 e. The zero-order valence-corrected chi connectivity index (χ0v) is 8.38. The van der Waals surface area contributed by atoms with Gasteiger partial charge in [0.2, 0.25) is 0 Å². The molecule has 6 heteroatoms. The van der Waals surface area contributed by atoms with Gasteiger partial charge < -0.3 is 10.8 Å². The number of rotatable bonds is 3. The van der Waals surface area contributed by atoms with Gasteiger partial charge in [-0.3, -0.25) is 4.79 Å². The van der Waals surface area contributed by atoms with Crippen LogP contribution >= 0.6 is 0 Å². The topological polar surface area (TPSA) is 63.3 Å². The van der Waals surface area contributed by atoms with E-state index in [2.05, 4.69) is 0 Å². The minimum Gasteiger partial charge on any atom is -0.480 e. The van der Waals surface area contributed by atoms with E-state index in [4.69, 9.17) is 10.8 Å². The summed E-state index contributed by atoms with van der Waals surface area (Å²) in [6.07, 6.45) is 0. The molecule has 1 atom stereocenters. The van der Waals surface area contributed by atoms with Crippen LogP contribution in [0.3, 0.4) is 0 Å². The molecule has 1 rings (SSSR count). The standard InChI is InChI=1S/C10H10F3NO2/c1-10(12,13)5-2-3-7(11)6(4-5)8(14)9(15)16/h2-4,8H,14H2,1H3,(H,15,16). The lowest BCUT2D eigenvalue weighted by molar-refractivity contribution is -0.138. The van der Waals surface area contributed by atoms with Gasteiger partial charge in [-0.05, 0) is 12.1 Å². The van der Waals surface area contributed by atoms with Crippen molar-refractivity contribution in [3.8, 4) is 0 Å². The van der Waals surface area contributed by atoms with E-state index in [1.807, 2.05) is 0 Å². The Kier molecular flexibility index (Phi) is 3.23. The molecule has 0 heterocycles. The minimum atomic E-state index is -3.17. The zero-order chi connectivity index (χ0) is 12.5. The van der Waals surface area contributed by atoms with Crippen molar-refractivity contribution < 1.29 is 23.1 Å². The maximum absolute atomic E-state index is 13.2. The van der Waals surface area contributed by atoms with Gasteiger partial charge in [0.1, 0.15) is 11.9 Å². The lowest BCUT2D eigenvalue weighted by Crippen LogP contribution is -2.22. The Labute approximate surface area is 89.7 Å². The molecular weight excluding hydrogens is 223 g/mol. The molecule has 1 aromatic rings. The normalized spacial score (nSPS) is 13.6. The zero-order valence-electron chi connectivity index (χ0n) is 8.38. The van der Waals surface area contributed by atoms with Gasteiger partial charge in [-0.1, -0.05) is 6.07 Å². The van der Waals surface area contributed by atoms with Crippen molar-refractivity contribution in [3.05, 3.63) is 35.1 Å². The van der Waals surface area contributed by atoms with Crippen molar-refractivity contribution in [1.29, 1.82) is 0 Å². The Bertz CT molecular complexity index is 415. The average molecular weight is 233 g/mol. The van der Waals surface area contributed by atoms with E-state index < -0.39 is 34.9 Å². The van der Waals surface area contributed by atoms with E-state index in [1.54, 1.807) is 0 Å². The molecule has 0 radical (unpaired) electrons. The monoisotopic (exact) mass is 233 g/mol. The molecule has 0 amide bonds. The summed E-state index contributed by atoms with van der Waals surface area (Å²) in [5.74, 6) is -5.56. The summed E-state index contributed by atoms with van der Waals surface area (Å²) in [4.78, 5) is 10.5. The maximum Gasteiger partial charge on any atom is 0.325 e. The largest absolute Gasteiger partial charge is 0.480 e. The maximum atomic E-state index is 13.2. The third-order valence-corrected chi connectivity index (χ3v) is 2.10. The second kappa shape index (κ2) is 4.13. The lowest BCUT2D eigenvalue weighted by Gasteiger charge is -2.14. The number of aliphatic carboxylic acids is 1. The number of carboxylic acid groups (broad SMARTS) is 1. The van der Waals surface area contributed by atoms with E-state index in [9.17, 15) is 18.0 Å². The molecule has 0 spiro atoms. The summed E-state index contributed by atoms with van der Waals surface area (Å²) >= 11 is 0. The number of nitrogens with two attached hydrogens (primary N) is 1. The third-order valence-electron chi connectivity index (χ3n) is 2.10. The van der Waals surface area contributed by atoms with E-state index in [0.29, 0.717) is 6.92 Å². The van der Waals surface area contributed by atoms with Gasteiger partial charge >= 0.3 is 5.97 Å². The van der Waals surface area contributed by atoms with Crippen LogP contribution in [0.25, 0.3) is 0 Å². The van der Waals surface area contributed by atoms with Gasteiger partial charge in [0, 0.05) is 18.1 Å². The number of carboxylic acids is 1. The molecule has 3 nitrogen and oxygen atoms in total. The molecule has 1 unspecified atom stereocenters. The average Bonchev–Trinajstić information content (AvgIpc) is 2.15. The van der Waals surface area contributed by atoms with Crippen molar-refractivity contribution in [2.75, 3.05) is 0 Å². The van der Waals surface area contributed by atoms with Crippen LogP contribution in [0.4, 0.5) is 13.2 Å². The lowest BCUT2D eigenvalue weighted by atomic mass is 10.0. The first-order chi connectivity index (χ1) is 7.23. The summed E-state index contributed by atoms with van der Waals surface area (Å²) < 4.78 is 39.0. The van der Waals surface area contributed by atoms with E-state index in [0.717, 1.165) is 18.2 Å². The molecule has 0 fully saturated rings. The predicted molar refractivity (Wildman–Crippen MR) is 50.5 cm³/mol. The van der Waals surface area contributed by atoms with Gasteiger partial charge in [-0.2, -0.15) is 0 Å². The molecule has 0 saturated carbocycles. The molecule has 0 aromatic heterocycles. The molecule has 0 saturated heterocycles. The molecule has 88 valence electrons. The molecule has 0 aliphatic carbocycles. The fourth-order valence-corrected chi connectivity index (χ4v) is 1.19. The summed E-state index contributed by atoms with van der Waals surface area (Å²) in [6.45, 7) is 0.635. The van der Waals surface area contributed by atoms with Crippen molar-refractivity contribution in [2.24, 2.45) is 5.73 Å². The van der Waals surface area contributed by atoms with Gasteiger partial charge in [0.05, 0.1) is 0 Å². The number of benzene rings is 1. The molecule has 3 N–H and O–H groups in total. The van der Waals surface area contributed by atoms with Gasteiger partial charge in [0.25, 0.3) is 5.92 Å². The van der Waals surface area contributed by atoms with E-state index in [-0.39, 0.29) is 0 Å². The first kappa shape index (κ1) is 12.5. The highest BCUT2D eigenvalue weighted by Gasteiger charge is 2.27. The second-order valence-corrected chi connectivity index (χ2v) is 3.44. The summed E-state index contributed by atoms with van der Waals surface area (Å²) in [7, 11) is 0. The van der Waals surface area contributed by atoms with Crippen molar-refractivity contribution >= 4 is 5.97 Å². The quantitative estimate of drug-likeness (QED) is 0.839. The fraction of sp³-hybridized carbons (Fsp3) is 0.300. The molecule has 0 aliphatic rings. The van der Waals surface area contributed by atoms with Gasteiger partial charge in [0.15, 0.2) is 0 Å². The Balaban J connectivity index is 3.24. The fourth-order valence-electron chi connectivity index (χ4n) is 1.19. The molecule has 1 aromatic carbocycles. The summed E-state index contributed by atoms with van der Waals surface area (Å²) in [5, 5.41) is 8.57. The Morgan fingerprint density at radius 2 is 2.06 bits per heavy atom. The van der Waals surface area contributed by atoms with Crippen LogP contribution in [-0.2, 0) is 10.7 Å². The van der Waals surface area contributed by atoms with Crippen molar-refractivity contribution in [1.82, 2.24) is 0 Å². The SMILES string of the molecule is CC(F)(F)c1ccc(F)c(C(N)C(=O)O)c1. The van der Waals surface area contributed by atoms with Gasteiger partial charge in [-0.25, -0.2) is 13.2 Å². The van der Waals surface area contributed by atoms with Crippen LogP contribution in [0.5, 0.6) is 0 Å². The summed E-state index contributed by atoms with van der Waals surface area (Å²) in [5.41, 5.74) is 4.24. The third kappa shape index (κ3) is 2.52. The number of hydrogen-bond acceptors (Lipinski definition) is 2. The second-order valence-electron chi connectivity index (χ2n) is 3.44. The van der Waals surface area contributed by atoms with Crippen LogP contribution in [0, 0.1) is 5.82 Å².